The van der Waals surface area contributed by atoms with Crippen molar-refractivity contribution in [1.29, 1.82) is 0 Å². The van der Waals surface area contributed by atoms with E-state index in [2.05, 4.69) is 0 Å². The number of hydrogen-bond acceptors (Lipinski definition) is 6. The second kappa shape index (κ2) is 8.58. The fourth-order valence-corrected chi connectivity index (χ4v) is 3.99. The largest absolute Gasteiger partial charge is 0.507 e. The number of para-hydroxylation sites is 2. The second-order valence-electron chi connectivity index (χ2n) is 7.56. The van der Waals surface area contributed by atoms with E-state index in [1.54, 1.807) is 36.4 Å². The van der Waals surface area contributed by atoms with Crippen molar-refractivity contribution in [3.05, 3.63) is 105 Å². The minimum Gasteiger partial charge on any atom is -0.507 e. The molecule has 0 bridgehead atoms. The number of ketones is 1. The van der Waals surface area contributed by atoms with Crippen molar-refractivity contribution in [1.82, 2.24) is 0 Å². The summed E-state index contributed by atoms with van der Waals surface area (Å²) in [4.78, 5) is 38.3. The van der Waals surface area contributed by atoms with Crippen molar-refractivity contribution in [3.8, 4) is 5.75 Å². The molecule has 166 valence electrons. The van der Waals surface area contributed by atoms with E-state index >= 15 is 0 Å². The summed E-state index contributed by atoms with van der Waals surface area (Å²) in [6, 6.07) is 18.4. The number of hydrogen-bond donors (Lipinski definition) is 1. The summed E-state index contributed by atoms with van der Waals surface area (Å²) in [6.07, 6.45) is 0. The molecule has 33 heavy (non-hydrogen) atoms. The average Bonchev–Trinajstić information content (AvgIpc) is 3.09. The molecule has 0 aromatic heterocycles. The Morgan fingerprint density at radius 3 is 2.45 bits per heavy atom. The van der Waals surface area contributed by atoms with Gasteiger partial charge < -0.3 is 9.84 Å². The van der Waals surface area contributed by atoms with Crippen molar-refractivity contribution in [3.63, 3.8) is 0 Å². The number of non-ortho nitro benzene ring substituents is 1. The molecule has 1 saturated heterocycles. The molecule has 8 nitrogen and oxygen atoms in total. The van der Waals surface area contributed by atoms with Crippen LogP contribution in [0.2, 0.25) is 0 Å². The minimum atomic E-state index is -0.958. The van der Waals surface area contributed by atoms with E-state index in [1.807, 2.05) is 19.1 Å². The predicted molar refractivity (Wildman–Crippen MR) is 122 cm³/mol. The van der Waals surface area contributed by atoms with E-state index in [1.165, 1.54) is 36.3 Å². The van der Waals surface area contributed by atoms with Gasteiger partial charge in [0.25, 0.3) is 17.4 Å². The Hall–Kier alpha value is -4.46. The van der Waals surface area contributed by atoms with E-state index in [-0.39, 0.29) is 16.8 Å². The van der Waals surface area contributed by atoms with Gasteiger partial charge in [0.2, 0.25) is 0 Å². The molecular formula is C25H20N2O6. The lowest BCUT2D eigenvalue weighted by Gasteiger charge is -2.27. The molecule has 1 atom stereocenters. The van der Waals surface area contributed by atoms with Crippen LogP contribution < -0.4 is 9.64 Å². The van der Waals surface area contributed by atoms with Crippen LogP contribution in [0.25, 0.3) is 5.76 Å². The standard InChI is InChI=1S/C25H20N2O6/c1-15-7-5-8-16(13-15)22-21(23(28)17-9-6-10-18(14-17)27(31)32)24(29)25(30)26(22)19-11-3-4-12-20(19)33-2/h3-14,22,28H,1-2H3/b23-21-. The first kappa shape index (κ1) is 21.8. The summed E-state index contributed by atoms with van der Waals surface area (Å²) < 4.78 is 5.41. The summed E-state index contributed by atoms with van der Waals surface area (Å²) in [5.74, 6) is -1.83. The first-order valence-electron chi connectivity index (χ1n) is 10.1. The molecule has 0 saturated carbocycles. The van der Waals surface area contributed by atoms with E-state index in [4.69, 9.17) is 4.74 Å². The molecule has 1 heterocycles. The molecule has 0 spiro atoms. The summed E-state index contributed by atoms with van der Waals surface area (Å²) in [6.45, 7) is 1.87. The quantitative estimate of drug-likeness (QED) is 0.203. The molecular weight excluding hydrogens is 424 g/mol. The highest BCUT2D eigenvalue weighted by Crippen LogP contribution is 2.45. The molecule has 0 aliphatic carbocycles. The van der Waals surface area contributed by atoms with Gasteiger partial charge in [-0.05, 0) is 24.6 Å². The topological polar surface area (TPSA) is 110 Å². The average molecular weight is 444 g/mol. The van der Waals surface area contributed by atoms with Crippen LogP contribution >= 0.6 is 0 Å². The molecule has 1 N–H and O–H groups in total. The van der Waals surface area contributed by atoms with Crippen LogP contribution in [-0.2, 0) is 9.59 Å². The van der Waals surface area contributed by atoms with Gasteiger partial charge in [0, 0.05) is 17.7 Å². The number of Topliss-reactive ketones (excluding diaryl/α,β-unsaturated/α-hetero) is 1. The van der Waals surface area contributed by atoms with Crippen molar-refractivity contribution in [2.24, 2.45) is 0 Å². The number of aryl methyl sites for hydroxylation is 1. The van der Waals surface area contributed by atoms with E-state index < -0.39 is 28.4 Å². The summed E-state index contributed by atoms with van der Waals surface area (Å²) in [5, 5.41) is 22.3. The fourth-order valence-electron chi connectivity index (χ4n) is 3.99. The van der Waals surface area contributed by atoms with Gasteiger partial charge in [-0.15, -0.1) is 0 Å². The van der Waals surface area contributed by atoms with Crippen LogP contribution in [0.5, 0.6) is 5.75 Å². The Bertz CT molecular complexity index is 1310. The van der Waals surface area contributed by atoms with E-state index in [9.17, 15) is 24.8 Å². The molecule has 1 aliphatic heterocycles. The first-order valence-corrected chi connectivity index (χ1v) is 10.1. The second-order valence-corrected chi connectivity index (χ2v) is 7.56. The van der Waals surface area contributed by atoms with Gasteiger partial charge in [-0.25, -0.2) is 0 Å². The fraction of sp³-hybridized carbons (Fsp3) is 0.120. The maximum absolute atomic E-state index is 13.2. The number of amides is 1. The lowest BCUT2D eigenvalue weighted by molar-refractivity contribution is -0.384. The number of rotatable bonds is 5. The number of methoxy groups -OCH3 is 1. The normalized spacial score (nSPS) is 17.3. The molecule has 1 unspecified atom stereocenters. The molecule has 3 aromatic carbocycles. The maximum atomic E-state index is 13.2. The van der Waals surface area contributed by atoms with E-state index in [0.717, 1.165) is 5.56 Å². The highest BCUT2D eigenvalue weighted by Gasteiger charge is 2.47. The number of benzene rings is 3. The van der Waals surface area contributed by atoms with Crippen molar-refractivity contribution >= 4 is 28.8 Å². The Balaban J connectivity index is 1.99. The van der Waals surface area contributed by atoms with E-state index in [0.29, 0.717) is 17.0 Å². The zero-order valence-electron chi connectivity index (χ0n) is 17.9. The zero-order valence-corrected chi connectivity index (χ0v) is 17.9. The van der Waals surface area contributed by atoms with Crippen LogP contribution in [0.4, 0.5) is 11.4 Å². The Morgan fingerprint density at radius 1 is 1.03 bits per heavy atom. The monoisotopic (exact) mass is 444 g/mol. The van der Waals surface area contributed by atoms with Gasteiger partial charge in [0.15, 0.2) is 0 Å². The minimum absolute atomic E-state index is 0.0693. The van der Waals surface area contributed by atoms with Crippen LogP contribution in [0, 0.1) is 17.0 Å². The van der Waals surface area contributed by atoms with Gasteiger partial charge in [-0.2, -0.15) is 0 Å². The van der Waals surface area contributed by atoms with Gasteiger partial charge in [0.1, 0.15) is 11.5 Å². The van der Waals surface area contributed by atoms with Gasteiger partial charge >= 0.3 is 0 Å². The Kier molecular flexibility index (Phi) is 5.66. The van der Waals surface area contributed by atoms with Crippen LogP contribution in [-0.4, -0.2) is 28.8 Å². The number of nitro groups is 1. The predicted octanol–water partition coefficient (Wildman–Crippen LogP) is 4.54. The lowest BCUT2D eigenvalue weighted by atomic mass is 9.94. The Morgan fingerprint density at radius 2 is 1.76 bits per heavy atom. The van der Waals surface area contributed by atoms with Crippen molar-refractivity contribution in [2.45, 2.75) is 13.0 Å². The number of nitrogens with zero attached hydrogens (tertiary/aromatic N) is 2. The first-order chi connectivity index (χ1) is 15.8. The third-order valence-electron chi connectivity index (χ3n) is 5.48. The number of aliphatic hydroxyl groups excluding tert-OH is 1. The highest BCUT2D eigenvalue weighted by atomic mass is 16.6. The van der Waals surface area contributed by atoms with Crippen molar-refractivity contribution in [2.75, 3.05) is 12.0 Å². The third kappa shape index (κ3) is 3.82. The molecule has 0 radical (unpaired) electrons. The van der Waals surface area contributed by atoms with Crippen molar-refractivity contribution < 1.29 is 24.4 Å². The molecule has 3 aromatic rings. The van der Waals surface area contributed by atoms with Crippen LogP contribution in [0.1, 0.15) is 22.7 Å². The molecule has 8 heteroatoms. The molecule has 1 aliphatic rings. The molecule has 4 rings (SSSR count). The summed E-state index contributed by atoms with van der Waals surface area (Å²) >= 11 is 0. The number of aliphatic hydroxyl groups is 1. The molecule has 1 amide bonds. The Labute approximate surface area is 189 Å². The smallest absolute Gasteiger partial charge is 0.300 e. The maximum Gasteiger partial charge on any atom is 0.300 e. The number of carbonyl (C=O) groups excluding carboxylic acids is 2. The highest BCUT2D eigenvalue weighted by molar-refractivity contribution is 6.51. The molecule has 1 fully saturated rings. The number of anilines is 1. The lowest BCUT2D eigenvalue weighted by Crippen LogP contribution is -2.29. The zero-order chi connectivity index (χ0) is 23.7. The SMILES string of the molecule is COc1ccccc1N1C(=O)C(=O)/C(=C(\O)c2cccc([N+](=O)[O-])c2)C1c1cccc(C)c1. The van der Waals surface area contributed by atoms with Gasteiger partial charge in [-0.1, -0.05) is 54.1 Å². The van der Waals surface area contributed by atoms with Crippen LogP contribution in [0.3, 0.4) is 0 Å². The van der Waals surface area contributed by atoms with Crippen LogP contribution in [0.15, 0.2) is 78.4 Å². The van der Waals surface area contributed by atoms with Gasteiger partial charge in [0.05, 0.1) is 29.3 Å². The third-order valence-corrected chi connectivity index (χ3v) is 5.48. The number of nitro benzene ring substituents is 1. The van der Waals surface area contributed by atoms with Gasteiger partial charge in [-0.3, -0.25) is 24.6 Å². The number of ether oxygens (including phenoxy) is 1. The number of carbonyl (C=O) groups is 2. The summed E-state index contributed by atoms with van der Waals surface area (Å²) in [5.41, 5.74) is 1.54. The summed E-state index contributed by atoms with van der Waals surface area (Å²) in [7, 11) is 1.46.